The summed E-state index contributed by atoms with van der Waals surface area (Å²) in [5.74, 6) is -1.06. The fraction of sp³-hybridized carbons (Fsp3) is 0.111. The highest BCUT2D eigenvalue weighted by atomic mass is 35.6. The molecule has 1 rings (SSSR count). The number of alkyl halides is 3. The molecule has 0 radical (unpaired) electrons. The molecule has 2 N–H and O–H groups in total. The highest BCUT2D eigenvalue weighted by Gasteiger charge is 2.31. The number of halogens is 5. The van der Waals surface area contributed by atoms with E-state index >= 15 is 0 Å². The quantitative estimate of drug-likeness (QED) is 0.752. The molecule has 0 heterocycles. The predicted molar refractivity (Wildman–Crippen MR) is 73.9 cm³/mol. The molecule has 0 aromatic heterocycles. The van der Waals surface area contributed by atoms with E-state index in [4.69, 9.17) is 58.0 Å². The second kappa shape index (κ2) is 6.17. The molecule has 18 heavy (non-hydrogen) atoms. The maximum Gasteiger partial charge on any atom is 0.326 e. The standard InChI is InChI=1S/C9H5Cl5N2O2/c10-5-2-1-4(3-6(5)11)15-8(18)16-7(17)9(12,13)14/h1-3H,(H2,15,16,17,18). The second-order valence-corrected chi connectivity index (χ2v) is 6.13. The molecule has 0 bridgehead atoms. The van der Waals surface area contributed by atoms with Crippen molar-refractivity contribution in [3.63, 3.8) is 0 Å². The largest absolute Gasteiger partial charge is 0.326 e. The Kier molecular flexibility index (Phi) is 5.37. The number of carbonyl (C=O) groups is 2. The van der Waals surface area contributed by atoms with Crippen molar-refractivity contribution in [2.75, 3.05) is 5.32 Å². The Bertz CT molecular complexity index is 486. The Morgan fingerprint density at radius 2 is 1.67 bits per heavy atom. The van der Waals surface area contributed by atoms with Gasteiger partial charge in [-0.1, -0.05) is 58.0 Å². The molecule has 0 fully saturated rings. The number of carbonyl (C=O) groups excluding carboxylic acids is 2. The Balaban J connectivity index is 2.65. The van der Waals surface area contributed by atoms with Crippen LogP contribution in [0.4, 0.5) is 10.5 Å². The van der Waals surface area contributed by atoms with Crippen molar-refractivity contribution in [3.05, 3.63) is 28.2 Å². The molecule has 0 atom stereocenters. The van der Waals surface area contributed by atoms with Crippen LogP contribution in [0.25, 0.3) is 0 Å². The van der Waals surface area contributed by atoms with E-state index in [1.807, 2.05) is 5.32 Å². The summed E-state index contributed by atoms with van der Waals surface area (Å²) in [6.45, 7) is 0. The first kappa shape index (κ1) is 15.7. The van der Waals surface area contributed by atoms with Gasteiger partial charge in [-0.15, -0.1) is 0 Å². The molecule has 98 valence electrons. The van der Waals surface area contributed by atoms with Crippen molar-refractivity contribution >= 4 is 75.6 Å². The number of imide groups is 1. The summed E-state index contributed by atoms with van der Waals surface area (Å²) in [5, 5.41) is 4.75. The van der Waals surface area contributed by atoms with Crippen molar-refractivity contribution in [1.29, 1.82) is 0 Å². The van der Waals surface area contributed by atoms with Crippen LogP contribution in [0.3, 0.4) is 0 Å². The lowest BCUT2D eigenvalue weighted by atomic mass is 10.3. The van der Waals surface area contributed by atoms with Gasteiger partial charge >= 0.3 is 6.03 Å². The lowest BCUT2D eigenvalue weighted by Crippen LogP contribution is -2.41. The summed E-state index contributed by atoms with van der Waals surface area (Å²) in [6.07, 6.45) is 0. The van der Waals surface area contributed by atoms with Gasteiger partial charge in [-0.05, 0) is 18.2 Å². The minimum Gasteiger partial charge on any atom is -0.308 e. The molecular formula is C9H5Cl5N2O2. The topological polar surface area (TPSA) is 58.2 Å². The van der Waals surface area contributed by atoms with Crippen molar-refractivity contribution in [2.45, 2.75) is 3.79 Å². The fourth-order valence-corrected chi connectivity index (χ4v) is 1.35. The maximum atomic E-state index is 11.4. The molecule has 4 nitrogen and oxygen atoms in total. The van der Waals surface area contributed by atoms with Crippen LogP contribution in [0.2, 0.25) is 10.0 Å². The van der Waals surface area contributed by atoms with Gasteiger partial charge in [0.15, 0.2) is 0 Å². The molecule has 0 saturated heterocycles. The van der Waals surface area contributed by atoms with E-state index in [0.29, 0.717) is 10.7 Å². The van der Waals surface area contributed by atoms with E-state index in [-0.39, 0.29) is 5.02 Å². The normalized spacial score (nSPS) is 10.9. The van der Waals surface area contributed by atoms with Gasteiger partial charge in [0.2, 0.25) is 0 Å². The van der Waals surface area contributed by atoms with Crippen LogP contribution < -0.4 is 10.6 Å². The third kappa shape index (κ3) is 4.71. The first-order chi connectivity index (χ1) is 8.20. The van der Waals surface area contributed by atoms with E-state index < -0.39 is 15.7 Å². The zero-order chi connectivity index (χ0) is 13.9. The van der Waals surface area contributed by atoms with Gasteiger partial charge in [0, 0.05) is 5.69 Å². The Morgan fingerprint density at radius 3 is 2.17 bits per heavy atom. The molecule has 0 saturated carbocycles. The molecule has 0 aliphatic carbocycles. The van der Waals surface area contributed by atoms with Gasteiger partial charge in [-0.25, -0.2) is 4.79 Å². The molecule has 0 spiro atoms. The zero-order valence-corrected chi connectivity index (χ0v) is 12.2. The minimum atomic E-state index is -2.21. The summed E-state index contributed by atoms with van der Waals surface area (Å²) in [5.41, 5.74) is 0.332. The van der Waals surface area contributed by atoms with Gasteiger partial charge < -0.3 is 5.32 Å². The van der Waals surface area contributed by atoms with Crippen molar-refractivity contribution < 1.29 is 9.59 Å². The molecule has 9 heteroatoms. The molecule has 0 aliphatic heterocycles. The number of anilines is 1. The summed E-state index contributed by atoms with van der Waals surface area (Å²) in [4.78, 5) is 22.5. The van der Waals surface area contributed by atoms with Gasteiger partial charge in [-0.2, -0.15) is 0 Å². The Hall–Kier alpha value is -0.390. The van der Waals surface area contributed by atoms with E-state index in [1.165, 1.54) is 18.2 Å². The van der Waals surface area contributed by atoms with Crippen LogP contribution in [0.1, 0.15) is 0 Å². The molecule has 0 unspecified atom stereocenters. The van der Waals surface area contributed by atoms with E-state index in [9.17, 15) is 9.59 Å². The number of amides is 3. The number of nitrogens with one attached hydrogen (secondary N) is 2. The average molecular weight is 350 g/mol. The number of urea groups is 1. The smallest absolute Gasteiger partial charge is 0.308 e. The predicted octanol–water partition coefficient (Wildman–Crippen LogP) is 4.01. The third-order valence-electron chi connectivity index (χ3n) is 1.66. The molecular weight excluding hydrogens is 345 g/mol. The SMILES string of the molecule is O=C(NC(=O)C(Cl)(Cl)Cl)Nc1ccc(Cl)c(Cl)c1. The average Bonchev–Trinajstić information content (AvgIpc) is 2.22. The second-order valence-electron chi connectivity index (χ2n) is 3.03. The zero-order valence-electron chi connectivity index (χ0n) is 8.44. The highest BCUT2D eigenvalue weighted by molar-refractivity contribution is 6.76. The lowest BCUT2D eigenvalue weighted by molar-refractivity contribution is -0.119. The summed E-state index contributed by atoms with van der Waals surface area (Å²) in [6, 6.07) is 3.53. The van der Waals surface area contributed by atoms with Crippen LogP contribution in [-0.2, 0) is 4.79 Å². The minimum absolute atomic E-state index is 0.252. The van der Waals surface area contributed by atoms with Crippen molar-refractivity contribution in [2.24, 2.45) is 0 Å². The van der Waals surface area contributed by atoms with Gasteiger partial charge in [-0.3, -0.25) is 10.1 Å². The molecule has 1 aromatic carbocycles. The van der Waals surface area contributed by atoms with E-state index in [2.05, 4.69) is 5.32 Å². The van der Waals surface area contributed by atoms with E-state index in [0.717, 1.165) is 0 Å². The van der Waals surface area contributed by atoms with Gasteiger partial charge in [0.25, 0.3) is 9.70 Å². The van der Waals surface area contributed by atoms with Crippen LogP contribution in [0.15, 0.2) is 18.2 Å². The third-order valence-corrected chi connectivity index (χ3v) is 2.92. The first-order valence-corrected chi connectivity index (χ1v) is 6.23. The van der Waals surface area contributed by atoms with Gasteiger partial charge in [0.05, 0.1) is 10.0 Å². The lowest BCUT2D eigenvalue weighted by Gasteiger charge is -2.11. The van der Waals surface area contributed by atoms with Gasteiger partial charge in [0.1, 0.15) is 0 Å². The molecule has 0 aliphatic rings. The van der Waals surface area contributed by atoms with Crippen LogP contribution in [0, 0.1) is 0 Å². The van der Waals surface area contributed by atoms with Crippen molar-refractivity contribution in [3.8, 4) is 0 Å². The summed E-state index contributed by atoms with van der Waals surface area (Å²) < 4.78 is -2.21. The number of rotatable bonds is 1. The van der Waals surface area contributed by atoms with Crippen LogP contribution in [0.5, 0.6) is 0 Å². The van der Waals surface area contributed by atoms with E-state index in [1.54, 1.807) is 0 Å². The molecule has 3 amide bonds. The van der Waals surface area contributed by atoms with Crippen LogP contribution >= 0.6 is 58.0 Å². The van der Waals surface area contributed by atoms with Crippen molar-refractivity contribution in [1.82, 2.24) is 5.32 Å². The summed E-state index contributed by atoms with van der Waals surface area (Å²) >= 11 is 27.3. The maximum absolute atomic E-state index is 11.4. The number of hydrogen-bond donors (Lipinski definition) is 2. The monoisotopic (exact) mass is 348 g/mol. The Morgan fingerprint density at radius 1 is 1.06 bits per heavy atom. The van der Waals surface area contributed by atoms with Crippen LogP contribution in [-0.4, -0.2) is 15.7 Å². The molecule has 1 aromatic rings. The number of hydrogen-bond acceptors (Lipinski definition) is 2. The fourth-order valence-electron chi connectivity index (χ4n) is 0.910. The highest BCUT2D eigenvalue weighted by Crippen LogP contribution is 2.26. The first-order valence-electron chi connectivity index (χ1n) is 4.34. The Labute approximate surface area is 127 Å². The summed E-state index contributed by atoms with van der Waals surface area (Å²) in [7, 11) is 0. The number of benzene rings is 1.